The number of allylic oxidation sites excluding steroid dienone is 5. The molecule has 0 unspecified atom stereocenters. The summed E-state index contributed by atoms with van der Waals surface area (Å²) in [5, 5.41) is 12.7. The maximum atomic E-state index is 13.7. The highest BCUT2D eigenvalue weighted by molar-refractivity contribution is 5.92. The lowest BCUT2D eigenvalue weighted by Crippen LogP contribution is -2.41. The van der Waals surface area contributed by atoms with Gasteiger partial charge < -0.3 is 14.3 Å². The van der Waals surface area contributed by atoms with Gasteiger partial charge in [-0.3, -0.25) is 9.78 Å². The molecule has 0 saturated heterocycles. The molecule has 0 radical (unpaired) electrons. The lowest BCUT2D eigenvalue weighted by atomic mass is 10.0. The third-order valence-corrected chi connectivity index (χ3v) is 5.63. The van der Waals surface area contributed by atoms with Crippen LogP contribution in [0.4, 0.5) is 13.2 Å². The van der Waals surface area contributed by atoms with Crippen molar-refractivity contribution in [3.05, 3.63) is 83.7 Å². The molecular weight excluding hydrogens is 477 g/mol. The number of nitrogens with one attached hydrogen (secondary N) is 1. The van der Waals surface area contributed by atoms with E-state index in [9.17, 15) is 18.0 Å². The van der Waals surface area contributed by atoms with Crippen LogP contribution < -0.4 is 0 Å². The van der Waals surface area contributed by atoms with Gasteiger partial charge in [-0.25, -0.2) is 9.99 Å². The van der Waals surface area contributed by atoms with Crippen LogP contribution in [0.3, 0.4) is 0 Å². The molecule has 2 aliphatic rings. The number of hydrogen-bond donors (Lipinski definition) is 1. The van der Waals surface area contributed by atoms with Crippen LogP contribution in [0.15, 0.2) is 75.9 Å². The predicted molar refractivity (Wildman–Crippen MR) is 121 cm³/mol. The van der Waals surface area contributed by atoms with Crippen molar-refractivity contribution in [2.45, 2.75) is 25.6 Å². The molecule has 0 aromatic carbocycles. The Labute approximate surface area is 202 Å². The fourth-order valence-corrected chi connectivity index (χ4v) is 3.92. The molecule has 5 rings (SSSR count). The number of amides is 1. The van der Waals surface area contributed by atoms with Crippen LogP contribution in [0.1, 0.15) is 35.0 Å². The zero-order valence-corrected chi connectivity index (χ0v) is 18.8. The lowest BCUT2D eigenvalue weighted by molar-refractivity contribution is -0.108. The minimum absolute atomic E-state index is 0.0689. The van der Waals surface area contributed by atoms with Crippen LogP contribution in [0, 0.1) is 0 Å². The topological polar surface area (TPSA) is 116 Å². The molecule has 0 spiro atoms. The van der Waals surface area contributed by atoms with Gasteiger partial charge in [-0.05, 0) is 31.2 Å². The van der Waals surface area contributed by atoms with Crippen LogP contribution in [-0.2, 0) is 6.42 Å². The standard InChI is InChI=1S/C23H19F3N8O2/c1-2-14-6-5-8-18(23(24,25)26)34(14)30-12-17-19-15(28-13-29-19)9-11-33(17)22(35)21-32-31-20(36-21)16-7-3-4-10-27-16/h2-8,10,12-13,17H,9,11H2,1H3,(H,28,29)/b14-2-,30-12+/t17-/m0/s1. The summed E-state index contributed by atoms with van der Waals surface area (Å²) in [4.78, 5) is 26.2. The predicted octanol–water partition coefficient (Wildman–Crippen LogP) is 3.80. The number of fused-ring (bicyclic) bond motifs is 1. The lowest BCUT2D eigenvalue weighted by Gasteiger charge is -2.32. The SMILES string of the molecule is C/C=C1/C=CC=C(C(F)(F)F)N1/N=C/[C@H]1c2nc[nH]c2CCN1C(=O)c1nnc(-c2ccccn2)o1. The van der Waals surface area contributed by atoms with Gasteiger partial charge in [0.15, 0.2) is 0 Å². The summed E-state index contributed by atoms with van der Waals surface area (Å²) in [5.41, 5.74) is 0.900. The first-order valence-corrected chi connectivity index (χ1v) is 10.9. The maximum absolute atomic E-state index is 13.7. The van der Waals surface area contributed by atoms with Crippen LogP contribution in [-0.4, -0.2) is 59.9 Å². The highest BCUT2D eigenvalue weighted by Crippen LogP contribution is 2.35. The van der Waals surface area contributed by atoms with Gasteiger partial charge in [-0.2, -0.15) is 18.3 Å². The second kappa shape index (κ2) is 9.24. The van der Waals surface area contributed by atoms with Gasteiger partial charge >= 0.3 is 18.0 Å². The van der Waals surface area contributed by atoms with E-state index >= 15 is 0 Å². The van der Waals surface area contributed by atoms with Crippen molar-refractivity contribution in [2.24, 2.45) is 5.10 Å². The molecule has 1 N–H and O–H groups in total. The van der Waals surface area contributed by atoms with Crippen molar-refractivity contribution >= 4 is 12.1 Å². The molecule has 0 fully saturated rings. The number of rotatable bonds is 4. The van der Waals surface area contributed by atoms with Crippen LogP contribution >= 0.6 is 0 Å². The van der Waals surface area contributed by atoms with Crippen molar-refractivity contribution < 1.29 is 22.4 Å². The summed E-state index contributed by atoms with van der Waals surface area (Å²) in [6, 6.07) is 4.24. The molecular formula is C23H19F3N8O2. The molecule has 13 heteroatoms. The number of carbonyl (C=O) groups is 1. The normalized spacial score (nSPS) is 19.2. The van der Waals surface area contributed by atoms with Gasteiger partial charge in [0.05, 0.1) is 23.9 Å². The van der Waals surface area contributed by atoms with Gasteiger partial charge in [0.25, 0.3) is 5.89 Å². The highest BCUT2D eigenvalue weighted by atomic mass is 19.4. The maximum Gasteiger partial charge on any atom is 0.433 e. The molecule has 10 nitrogen and oxygen atoms in total. The Bertz CT molecular complexity index is 1390. The van der Waals surface area contributed by atoms with E-state index in [2.05, 4.69) is 30.3 Å². The number of pyridine rings is 1. The van der Waals surface area contributed by atoms with E-state index in [1.807, 2.05) is 0 Å². The van der Waals surface area contributed by atoms with E-state index in [0.29, 0.717) is 17.8 Å². The summed E-state index contributed by atoms with van der Waals surface area (Å²) in [7, 11) is 0. The molecule has 184 valence electrons. The molecule has 3 aromatic rings. The number of halogens is 3. The number of hydrazone groups is 1. The van der Waals surface area contributed by atoms with Gasteiger partial charge in [0, 0.05) is 24.9 Å². The Kier molecular flexibility index (Phi) is 5.96. The third-order valence-electron chi connectivity index (χ3n) is 5.63. The van der Waals surface area contributed by atoms with Crippen molar-refractivity contribution in [3.63, 3.8) is 0 Å². The van der Waals surface area contributed by atoms with E-state index in [0.717, 1.165) is 16.8 Å². The van der Waals surface area contributed by atoms with E-state index in [-0.39, 0.29) is 24.0 Å². The van der Waals surface area contributed by atoms with Crippen molar-refractivity contribution in [1.29, 1.82) is 0 Å². The Balaban J connectivity index is 1.47. The summed E-state index contributed by atoms with van der Waals surface area (Å²) < 4.78 is 46.6. The number of alkyl halides is 3. The average Bonchev–Trinajstić information content (AvgIpc) is 3.57. The van der Waals surface area contributed by atoms with Gasteiger partial charge in [0.2, 0.25) is 0 Å². The Morgan fingerprint density at radius 2 is 2.14 bits per heavy atom. The van der Waals surface area contributed by atoms with E-state index in [1.165, 1.54) is 35.7 Å². The van der Waals surface area contributed by atoms with Crippen LogP contribution in [0.25, 0.3) is 11.6 Å². The minimum Gasteiger partial charge on any atom is -0.411 e. The quantitative estimate of drug-likeness (QED) is 0.546. The Morgan fingerprint density at radius 1 is 1.28 bits per heavy atom. The number of carbonyl (C=O) groups excluding carboxylic acids is 1. The first-order chi connectivity index (χ1) is 17.4. The molecule has 0 bridgehead atoms. The monoisotopic (exact) mass is 496 g/mol. The second-order valence-corrected chi connectivity index (χ2v) is 7.79. The smallest absolute Gasteiger partial charge is 0.411 e. The second-order valence-electron chi connectivity index (χ2n) is 7.79. The fraction of sp³-hybridized carbons (Fsp3) is 0.217. The molecule has 3 aromatic heterocycles. The summed E-state index contributed by atoms with van der Waals surface area (Å²) in [6.45, 7) is 1.84. The summed E-state index contributed by atoms with van der Waals surface area (Å²) >= 11 is 0. The average molecular weight is 496 g/mol. The summed E-state index contributed by atoms with van der Waals surface area (Å²) in [5.74, 6) is -0.815. The third kappa shape index (κ3) is 4.30. The van der Waals surface area contributed by atoms with Crippen LogP contribution in [0.2, 0.25) is 0 Å². The van der Waals surface area contributed by atoms with Crippen molar-refractivity contribution in [1.82, 2.24) is 35.1 Å². The summed E-state index contributed by atoms with van der Waals surface area (Å²) in [6.07, 6.45) is 5.35. The highest BCUT2D eigenvalue weighted by Gasteiger charge is 2.40. The molecule has 5 heterocycles. The fourth-order valence-electron chi connectivity index (χ4n) is 3.92. The molecule has 0 aliphatic carbocycles. The first-order valence-electron chi connectivity index (χ1n) is 10.9. The van der Waals surface area contributed by atoms with Crippen molar-refractivity contribution in [3.8, 4) is 11.6 Å². The van der Waals surface area contributed by atoms with E-state index in [1.54, 1.807) is 31.3 Å². The molecule has 36 heavy (non-hydrogen) atoms. The molecule has 1 atom stereocenters. The molecule has 0 saturated carbocycles. The Hall–Kier alpha value is -4.55. The van der Waals surface area contributed by atoms with Gasteiger partial charge in [0.1, 0.15) is 17.4 Å². The van der Waals surface area contributed by atoms with E-state index < -0.39 is 23.8 Å². The number of aromatic amines is 1. The minimum atomic E-state index is -4.64. The van der Waals surface area contributed by atoms with Crippen LogP contribution in [0.5, 0.6) is 0 Å². The number of nitrogens with zero attached hydrogens (tertiary/aromatic N) is 7. The first kappa shape index (κ1) is 23.2. The molecule has 1 amide bonds. The van der Waals surface area contributed by atoms with E-state index in [4.69, 9.17) is 4.42 Å². The number of imidazole rings is 1. The van der Waals surface area contributed by atoms with Crippen molar-refractivity contribution in [2.75, 3.05) is 6.54 Å². The largest absolute Gasteiger partial charge is 0.433 e. The number of aromatic nitrogens is 5. The number of hydrogen-bond acceptors (Lipinski definition) is 8. The zero-order chi connectivity index (χ0) is 25.3. The number of H-pyrrole nitrogens is 1. The van der Waals surface area contributed by atoms with Gasteiger partial charge in [-0.15, -0.1) is 10.2 Å². The van der Waals surface area contributed by atoms with Gasteiger partial charge in [-0.1, -0.05) is 18.2 Å². The zero-order valence-electron chi connectivity index (χ0n) is 18.8. The molecule has 2 aliphatic heterocycles. The Morgan fingerprint density at radius 3 is 2.89 bits per heavy atom.